The van der Waals surface area contributed by atoms with Gasteiger partial charge in [-0.15, -0.1) is 11.6 Å². The lowest BCUT2D eigenvalue weighted by molar-refractivity contribution is -0.140. The molecule has 0 radical (unpaired) electrons. The zero-order valence-corrected chi connectivity index (χ0v) is 11.6. The first-order valence-electron chi connectivity index (χ1n) is 5.93. The topological polar surface area (TPSA) is 29.1 Å². The van der Waals surface area contributed by atoms with E-state index in [1.807, 2.05) is 0 Å². The van der Waals surface area contributed by atoms with Crippen LogP contribution in [0.5, 0.6) is 0 Å². The fraction of sp³-hybridized carbons (Fsp3) is 0.462. The molecule has 1 aromatic carbocycles. The first kappa shape index (κ1) is 16.8. The summed E-state index contributed by atoms with van der Waals surface area (Å²) in [5, 5.41) is 2.20. The standard InChI is InChI=1S/C13H14ClF4NO/c1-7(14)6-8(2)19-12(20)9-4-3-5-10(11(9)15)13(16,17)18/h3-5,7-8H,6H2,1-2H3,(H,19,20). The summed E-state index contributed by atoms with van der Waals surface area (Å²) in [6.45, 7) is 3.36. The van der Waals surface area contributed by atoms with E-state index in [-0.39, 0.29) is 11.4 Å². The van der Waals surface area contributed by atoms with Gasteiger partial charge in [0.15, 0.2) is 0 Å². The molecule has 0 heterocycles. The molecule has 0 fully saturated rings. The van der Waals surface area contributed by atoms with Crippen LogP contribution in [-0.2, 0) is 6.18 Å². The molecule has 20 heavy (non-hydrogen) atoms. The molecule has 0 bridgehead atoms. The molecule has 0 aliphatic heterocycles. The fourth-order valence-electron chi connectivity index (χ4n) is 1.77. The lowest BCUT2D eigenvalue weighted by Gasteiger charge is -2.16. The van der Waals surface area contributed by atoms with Crippen LogP contribution in [0.2, 0.25) is 0 Å². The lowest BCUT2D eigenvalue weighted by atomic mass is 10.1. The second-order valence-corrected chi connectivity index (χ2v) is 5.30. The van der Waals surface area contributed by atoms with Gasteiger partial charge in [-0.2, -0.15) is 13.2 Å². The molecule has 2 unspecified atom stereocenters. The van der Waals surface area contributed by atoms with E-state index in [0.29, 0.717) is 12.5 Å². The first-order valence-corrected chi connectivity index (χ1v) is 6.37. The third kappa shape index (κ3) is 4.37. The van der Waals surface area contributed by atoms with E-state index in [9.17, 15) is 22.4 Å². The number of halogens is 5. The van der Waals surface area contributed by atoms with Crippen molar-refractivity contribution in [2.24, 2.45) is 0 Å². The molecule has 1 rings (SSSR count). The van der Waals surface area contributed by atoms with E-state index < -0.39 is 29.0 Å². The number of benzene rings is 1. The molecule has 0 aliphatic rings. The summed E-state index contributed by atoms with van der Waals surface area (Å²) in [6.07, 6.45) is -4.41. The van der Waals surface area contributed by atoms with E-state index in [4.69, 9.17) is 11.6 Å². The lowest BCUT2D eigenvalue weighted by Crippen LogP contribution is -2.34. The Labute approximate surface area is 119 Å². The Hall–Kier alpha value is -1.30. The van der Waals surface area contributed by atoms with Crippen molar-refractivity contribution in [1.82, 2.24) is 5.32 Å². The van der Waals surface area contributed by atoms with E-state index in [0.717, 1.165) is 12.1 Å². The van der Waals surface area contributed by atoms with Crippen molar-refractivity contribution in [3.63, 3.8) is 0 Å². The number of carbonyl (C=O) groups is 1. The number of alkyl halides is 4. The largest absolute Gasteiger partial charge is 0.419 e. The van der Waals surface area contributed by atoms with Crippen LogP contribution in [0, 0.1) is 5.82 Å². The van der Waals surface area contributed by atoms with Crippen LogP contribution in [0.3, 0.4) is 0 Å². The van der Waals surface area contributed by atoms with Crippen LogP contribution in [0.4, 0.5) is 17.6 Å². The van der Waals surface area contributed by atoms with Crippen molar-refractivity contribution in [2.75, 3.05) is 0 Å². The summed E-state index contributed by atoms with van der Waals surface area (Å²) < 4.78 is 51.3. The maximum Gasteiger partial charge on any atom is 0.419 e. The molecule has 0 aromatic heterocycles. The Morgan fingerprint density at radius 2 is 1.95 bits per heavy atom. The van der Waals surface area contributed by atoms with Crippen molar-refractivity contribution in [2.45, 2.75) is 37.9 Å². The molecule has 0 saturated heterocycles. The smallest absolute Gasteiger partial charge is 0.349 e. The van der Waals surface area contributed by atoms with Gasteiger partial charge in [0.2, 0.25) is 0 Å². The Bertz CT molecular complexity index is 488. The molecular weight excluding hydrogens is 298 g/mol. The molecule has 112 valence electrons. The number of rotatable bonds is 4. The summed E-state index contributed by atoms with van der Waals surface area (Å²) in [4.78, 5) is 11.8. The fourth-order valence-corrected chi connectivity index (χ4v) is 2.04. The molecule has 2 nitrogen and oxygen atoms in total. The highest BCUT2D eigenvalue weighted by molar-refractivity contribution is 6.20. The average molecular weight is 312 g/mol. The van der Waals surface area contributed by atoms with Gasteiger partial charge in [0.05, 0.1) is 11.1 Å². The number of hydrogen-bond acceptors (Lipinski definition) is 1. The van der Waals surface area contributed by atoms with Crippen molar-refractivity contribution < 1.29 is 22.4 Å². The summed E-state index contributed by atoms with van der Waals surface area (Å²) in [7, 11) is 0. The highest BCUT2D eigenvalue weighted by Crippen LogP contribution is 2.32. The summed E-state index contributed by atoms with van der Waals surface area (Å²) in [5.74, 6) is -2.46. The van der Waals surface area contributed by atoms with Crippen molar-refractivity contribution in [1.29, 1.82) is 0 Å². The number of hydrogen-bond donors (Lipinski definition) is 1. The molecule has 0 saturated carbocycles. The van der Waals surface area contributed by atoms with Crippen LogP contribution >= 0.6 is 11.6 Å². The normalized spacial score (nSPS) is 14.8. The van der Waals surface area contributed by atoms with Gasteiger partial charge in [-0.3, -0.25) is 4.79 Å². The third-order valence-corrected chi connectivity index (χ3v) is 2.78. The van der Waals surface area contributed by atoms with Crippen LogP contribution in [0.1, 0.15) is 36.2 Å². The molecular formula is C13H14ClF4NO. The van der Waals surface area contributed by atoms with Gasteiger partial charge in [-0.1, -0.05) is 6.07 Å². The number of carbonyl (C=O) groups excluding carboxylic acids is 1. The zero-order chi connectivity index (χ0) is 15.5. The van der Waals surface area contributed by atoms with Gasteiger partial charge < -0.3 is 5.32 Å². The molecule has 0 aliphatic carbocycles. The molecule has 1 N–H and O–H groups in total. The third-order valence-electron chi connectivity index (χ3n) is 2.60. The van der Waals surface area contributed by atoms with Gasteiger partial charge in [0, 0.05) is 11.4 Å². The minimum Gasteiger partial charge on any atom is -0.349 e. The van der Waals surface area contributed by atoms with Crippen LogP contribution < -0.4 is 5.32 Å². The molecule has 2 atom stereocenters. The van der Waals surface area contributed by atoms with Gasteiger partial charge in [0.25, 0.3) is 5.91 Å². The van der Waals surface area contributed by atoms with Crippen LogP contribution in [0.15, 0.2) is 18.2 Å². The SMILES string of the molecule is CC(Cl)CC(C)NC(=O)c1cccc(C(F)(F)F)c1F. The van der Waals surface area contributed by atoms with Gasteiger partial charge in [-0.25, -0.2) is 4.39 Å². The maximum absolute atomic E-state index is 13.7. The van der Waals surface area contributed by atoms with Crippen molar-refractivity contribution in [3.8, 4) is 0 Å². The van der Waals surface area contributed by atoms with Crippen molar-refractivity contribution >= 4 is 17.5 Å². The highest BCUT2D eigenvalue weighted by atomic mass is 35.5. The monoisotopic (exact) mass is 311 g/mol. The first-order chi connectivity index (χ1) is 9.12. The van der Waals surface area contributed by atoms with Crippen LogP contribution in [0.25, 0.3) is 0 Å². The number of amides is 1. The minimum atomic E-state index is -4.84. The maximum atomic E-state index is 13.7. The average Bonchev–Trinajstić information content (AvgIpc) is 2.25. The predicted molar refractivity (Wildman–Crippen MR) is 68.3 cm³/mol. The van der Waals surface area contributed by atoms with Gasteiger partial charge in [-0.05, 0) is 32.4 Å². The number of nitrogens with one attached hydrogen (secondary N) is 1. The van der Waals surface area contributed by atoms with Crippen LogP contribution in [-0.4, -0.2) is 17.3 Å². The molecule has 1 amide bonds. The van der Waals surface area contributed by atoms with E-state index in [2.05, 4.69) is 5.32 Å². The Kier molecular flexibility index (Phi) is 5.39. The Morgan fingerprint density at radius 1 is 1.35 bits per heavy atom. The van der Waals surface area contributed by atoms with Crippen molar-refractivity contribution in [3.05, 3.63) is 35.1 Å². The molecule has 0 spiro atoms. The van der Waals surface area contributed by atoms with E-state index >= 15 is 0 Å². The second kappa shape index (κ2) is 6.43. The highest BCUT2D eigenvalue weighted by Gasteiger charge is 2.35. The zero-order valence-electron chi connectivity index (χ0n) is 10.9. The van der Waals surface area contributed by atoms with Gasteiger partial charge in [0.1, 0.15) is 5.82 Å². The second-order valence-electron chi connectivity index (χ2n) is 4.56. The molecule has 1 aromatic rings. The quantitative estimate of drug-likeness (QED) is 0.661. The molecule has 7 heteroatoms. The van der Waals surface area contributed by atoms with E-state index in [1.54, 1.807) is 13.8 Å². The Balaban J connectivity index is 2.95. The van der Waals surface area contributed by atoms with E-state index in [1.165, 1.54) is 0 Å². The summed E-state index contributed by atoms with van der Waals surface area (Å²) in [5.41, 5.74) is -2.09. The Morgan fingerprint density at radius 3 is 2.45 bits per heavy atom. The summed E-state index contributed by atoms with van der Waals surface area (Å²) in [6, 6.07) is 2.23. The minimum absolute atomic E-state index is 0.211. The summed E-state index contributed by atoms with van der Waals surface area (Å²) >= 11 is 5.74. The predicted octanol–water partition coefficient (Wildman–Crippen LogP) is 3.98. The van der Waals surface area contributed by atoms with Gasteiger partial charge >= 0.3 is 6.18 Å².